The monoisotopic (exact) mass is 193 g/mol. The van der Waals surface area contributed by atoms with Gasteiger partial charge >= 0.3 is 0 Å². The number of benzene rings is 1. The summed E-state index contributed by atoms with van der Waals surface area (Å²) in [5.41, 5.74) is 0.538. The Balaban J connectivity index is 2.92. The number of nitrogens with zero attached hydrogens (tertiary/aromatic N) is 1. The molecule has 0 saturated heterocycles. The van der Waals surface area contributed by atoms with Crippen molar-refractivity contribution >= 4 is 11.5 Å². The maximum atomic E-state index is 11.4. The Morgan fingerprint density at radius 2 is 1.93 bits per heavy atom. The maximum Gasteiger partial charge on any atom is 0.210 e. The molecule has 0 heterocycles. The summed E-state index contributed by atoms with van der Waals surface area (Å²) < 4.78 is 4.94. The van der Waals surface area contributed by atoms with Gasteiger partial charge in [-0.3, -0.25) is 4.79 Å². The fraction of sp³-hybridized carbons (Fsp3) is 0.200. The van der Waals surface area contributed by atoms with Crippen molar-refractivity contribution in [2.75, 3.05) is 7.11 Å². The lowest BCUT2D eigenvalue weighted by atomic mass is 10.1. The van der Waals surface area contributed by atoms with Crippen molar-refractivity contribution in [3.63, 3.8) is 0 Å². The fourth-order valence-corrected chi connectivity index (χ4v) is 0.997. The molecule has 0 radical (unpaired) electrons. The SMILES string of the molecule is COc1ccc(C(=O)/C(C)=N\O)cc1. The van der Waals surface area contributed by atoms with Gasteiger partial charge in [-0.1, -0.05) is 5.16 Å². The van der Waals surface area contributed by atoms with Crippen molar-refractivity contribution < 1.29 is 14.7 Å². The highest BCUT2D eigenvalue weighted by Crippen LogP contribution is 2.11. The number of rotatable bonds is 3. The number of ether oxygens (including phenoxy) is 1. The largest absolute Gasteiger partial charge is 0.497 e. The first-order valence-electron chi connectivity index (χ1n) is 4.06. The van der Waals surface area contributed by atoms with Crippen molar-refractivity contribution in [3.05, 3.63) is 29.8 Å². The first-order chi connectivity index (χ1) is 6.69. The van der Waals surface area contributed by atoms with E-state index in [9.17, 15) is 4.79 Å². The Morgan fingerprint density at radius 3 is 2.36 bits per heavy atom. The quantitative estimate of drug-likeness (QED) is 0.344. The predicted molar refractivity (Wildman–Crippen MR) is 52.2 cm³/mol. The Bertz CT molecular complexity index is 354. The van der Waals surface area contributed by atoms with E-state index >= 15 is 0 Å². The van der Waals surface area contributed by atoms with Crippen LogP contribution in [0.5, 0.6) is 5.75 Å². The molecule has 0 aliphatic rings. The number of Topliss-reactive ketones (excluding diaryl/α,β-unsaturated/α-hetero) is 1. The topological polar surface area (TPSA) is 58.9 Å². The highest BCUT2D eigenvalue weighted by molar-refractivity contribution is 6.45. The van der Waals surface area contributed by atoms with Crippen molar-refractivity contribution in [1.82, 2.24) is 0 Å². The van der Waals surface area contributed by atoms with E-state index in [-0.39, 0.29) is 11.5 Å². The Kier molecular flexibility index (Phi) is 3.23. The summed E-state index contributed by atoms with van der Waals surface area (Å²) in [5, 5.41) is 11.3. The van der Waals surface area contributed by atoms with Crippen LogP contribution in [-0.2, 0) is 0 Å². The van der Waals surface area contributed by atoms with Crippen LogP contribution < -0.4 is 4.74 Å². The number of hydrogen-bond acceptors (Lipinski definition) is 4. The summed E-state index contributed by atoms with van der Waals surface area (Å²) in [7, 11) is 1.55. The second-order valence-corrected chi connectivity index (χ2v) is 2.74. The minimum Gasteiger partial charge on any atom is -0.497 e. The standard InChI is InChI=1S/C10H11NO3/c1-7(11-13)10(12)8-3-5-9(14-2)6-4-8/h3-6,13H,1-2H3/b11-7-. The third-order valence-corrected chi connectivity index (χ3v) is 1.83. The molecule has 0 saturated carbocycles. The predicted octanol–water partition coefficient (Wildman–Crippen LogP) is 1.73. The molecule has 74 valence electrons. The van der Waals surface area contributed by atoms with Gasteiger partial charge in [0.2, 0.25) is 5.78 Å². The normalized spacial score (nSPS) is 11.1. The summed E-state index contributed by atoms with van der Waals surface area (Å²) in [6, 6.07) is 6.60. The average Bonchev–Trinajstić information content (AvgIpc) is 2.27. The van der Waals surface area contributed by atoms with Crippen LogP contribution in [0, 0.1) is 0 Å². The van der Waals surface area contributed by atoms with Gasteiger partial charge in [-0.15, -0.1) is 0 Å². The molecule has 1 N–H and O–H groups in total. The van der Waals surface area contributed by atoms with Crippen LogP contribution in [0.2, 0.25) is 0 Å². The lowest BCUT2D eigenvalue weighted by Gasteiger charge is -2.01. The van der Waals surface area contributed by atoms with Crippen LogP contribution in [0.25, 0.3) is 0 Å². The van der Waals surface area contributed by atoms with Gasteiger partial charge in [-0.25, -0.2) is 0 Å². The molecule has 1 aromatic carbocycles. The summed E-state index contributed by atoms with van der Waals surface area (Å²) >= 11 is 0. The number of ketones is 1. The molecule has 0 atom stereocenters. The van der Waals surface area contributed by atoms with Gasteiger partial charge < -0.3 is 9.94 Å². The second-order valence-electron chi connectivity index (χ2n) is 2.74. The molecule has 4 heteroatoms. The maximum absolute atomic E-state index is 11.4. The molecule has 0 bridgehead atoms. The lowest BCUT2D eigenvalue weighted by Crippen LogP contribution is -2.10. The van der Waals surface area contributed by atoms with E-state index in [1.165, 1.54) is 6.92 Å². The van der Waals surface area contributed by atoms with E-state index in [0.717, 1.165) is 0 Å². The van der Waals surface area contributed by atoms with E-state index in [0.29, 0.717) is 11.3 Å². The number of methoxy groups -OCH3 is 1. The molecular formula is C10H11NO3. The molecule has 0 spiro atoms. The number of carbonyl (C=O) groups excluding carboxylic acids is 1. The van der Waals surface area contributed by atoms with Gasteiger partial charge in [0.25, 0.3) is 0 Å². The van der Waals surface area contributed by atoms with Gasteiger partial charge in [0.05, 0.1) is 7.11 Å². The summed E-state index contributed by atoms with van der Waals surface area (Å²) in [6.07, 6.45) is 0. The fourth-order valence-electron chi connectivity index (χ4n) is 0.997. The minimum atomic E-state index is -0.296. The smallest absolute Gasteiger partial charge is 0.210 e. The third-order valence-electron chi connectivity index (χ3n) is 1.83. The molecule has 4 nitrogen and oxygen atoms in total. The highest BCUT2D eigenvalue weighted by atomic mass is 16.5. The number of oxime groups is 1. The molecule has 0 amide bonds. The molecule has 1 aromatic rings. The van der Waals surface area contributed by atoms with Crippen LogP contribution in [-0.4, -0.2) is 23.8 Å². The van der Waals surface area contributed by atoms with E-state index in [1.54, 1.807) is 31.4 Å². The van der Waals surface area contributed by atoms with E-state index in [4.69, 9.17) is 9.94 Å². The highest BCUT2D eigenvalue weighted by Gasteiger charge is 2.09. The van der Waals surface area contributed by atoms with E-state index < -0.39 is 0 Å². The van der Waals surface area contributed by atoms with Crippen LogP contribution in [0.1, 0.15) is 17.3 Å². The Hall–Kier alpha value is -1.84. The van der Waals surface area contributed by atoms with Crippen LogP contribution in [0.15, 0.2) is 29.4 Å². The molecular weight excluding hydrogens is 182 g/mol. The van der Waals surface area contributed by atoms with Crippen molar-refractivity contribution in [2.45, 2.75) is 6.92 Å². The zero-order valence-electron chi connectivity index (χ0n) is 8.02. The molecule has 14 heavy (non-hydrogen) atoms. The van der Waals surface area contributed by atoms with Crippen molar-refractivity contribution in [1.29, 1.82) is 0 Å². The zero-order valence-corrected chi connectivity index (χ0v) is 8.02. The first kappa shape index (κ1) is 10.2. The minimum absolute atomic E-state index is 0.0650. The number of hydrogen-bond donors (Lipinski definition) is 1. The first-order valence-corrected chi connectivity index (χ1v) is 4.06. The van der Waals surface area contributed by atoms with Crippen LogP contribution in [0.3, 0.4) is 0 Å². The van der Waals surface area contributed by atoms with E-state index in [2.05, 4.69) is 5.16 Å². The lowest BCUT2D eigenvalue weighted by molar-refractivity contribution is 0.106. The molecule has 0 aliphatic carbocycles. The average molecular weight is 193 g/mol. The second kappa shape index (κ2) is 4.41. The third kappa shape index (κ3) is 2.10. The molecule has 0 fully saturated rings. The number of carbonyl (C=O) groups is 1. The Morgan fingerprint density at radius 1 is 1.36 bits per heavy atom. The van der Waals surface area contributed by atoms with Gasteiger partial charge in [-0.2, -0.15) is 0 Å². The molecule has 1 rings (SSSR count). The molecule has 0 unspecified atom stereocenters. The summed E-state index contributed by atoms with van der Waals surface area (Å²) in [5.74, 6) is 0.385. The van der Waals surface area contributed by atoms with Gasteiger partial charge in [0.1, 0.15) is 11.5 Å². The van der Waals surface area contributed by atoms with Crippen molar-refractivity contribution in [3.8, 4) is 5.75 Å². The van der Waals surface area contributed by atoms with Gasteiger partial charge in [0, 0.05) is 5.56 Å². The summed E-state index contributed by atoms with van der Waals surface area (Å²) in [4.78, 5) is 11.4. The Labute approximate surface area is 81.8 Å². The van der Waals surface area contributed by atoms with Crippen LogP contribution >= 0.6 is 0 Å². The van der Waals surface area contributed by atoms with E-state index in [1.807, 2.05) is 0 Å². The summed E-state index contributed by atoms with van der Waals surface area (Å²) in [6.45, 7) is 1.45. The zero-order chi connectivity index (χ0) is 10.6. The van der Waals surface area contributed by atoms with Gasteiger partial charge in [0.15, 0.2) is 0 Å². The van der Waals surface area contributed by atoms with Crippen molar-refractivity contribution in [2.24, 2.45) is 5.16 Å². The molecule has 0 aliphatic heterocycles. The van der Waals surface area contributed by atoms with Crippen LogP contribution in [0.4, 0.5) is 0 Å². The molecule has 0 aromatic heterocycles. The van der Waals surface area contributed by atoms with Gasteiger partial charge in [-0.05, 0) is 31.2 Å².